The van der Waals surface area contributed by atoms with Crippen LogP contribution in [0.5, 0.6) is 0 Å². The number of carboxylic acid groups (broad SMARTS) is 1. The molecular weight excluding hydrogens is 250 g/mol. The molecule has 0 bridgehead atoms. The van der Waals surface area contributed by atoms with Crippen molar-refractivity contribution in [2.45, 2.75) is 38.1 Å². The number of amides is 2. The fourth-order valence-electron chi connectivity index (χ4n) is 2.12. The highest BCUT2D eigenvalue weighted by Crippen LogP contribution is 2.10. The fraction of sp³-hybridized carbons (Fsp3) is 0.750. The highest BCUT2D eigenvalue weighted by molar-refractivity contribution is 5.87. The summed E-state index contributed by atoms with van der Waals surface area (Å²) in [7, 11) is 0. The molecule has 4 N–H and O–H groups in total. The summed E-state index contributed by atoms with van der Waals surface area (Å²) in [5, 5.41) is 11.5. The Morgan fingerprint density at radius 3 is 2.42 bits per heavy atom. The number of carbonyl (C=O) groups excluding carboxylic acids is 2. The third-order valence-electron chi connectivity index (χ3n) is 3.08. The van der Waals surface area contributed by atoms with Crippen molar-refractivity contribution in [2.24, 2.45) is 5.73 Å². The van der Waals surface area contributed by atoms with Crippen molar-refractivity contribution in [2.75, 3.05) is 19.6 Å². The van der Waals surface area contributed by atoms with E-state index in [2.05, 4.69) is 5.32 Å². The van der Waals surface area contributed by atoms with E-state index in [1.54, 1.807) is 4.90 Å². The summed E-state index contributed by atoms with van der Waals surface area (Å²) >= 11 is 0. The highest BCUT2D eigenvalue weighted by atomic mass is 16.4. The highest BCUT2D eigenvalue weighted by Gasteiger charge is 2.27. The van der Waals surface area contributed by atoms with Gasteiger partial charge in [0.1, 0.15) is 0 Å². The van der Waals surface area contributed by atoms with Gasteiger partial charge in [0.25, 0.3) is 0 Å². The van der Waals surface area contributed by atoms with Crippen LogP contribution in [-0.4, -0.2) is 53.5 Å². The quantitative estimate of drug-likeness (QED) is 0.506. The summed E-state index contributed by atoms with van der Waals surface area (Å²) in [6.45, 7) is 1.81. The van der Waals surface area contributed by atoms with E-state index in [1.807, 2.05) is 0 Å². The number of nitrogens with one attached hydrogen (secondary N) is 1. The third-order valence-corrected chi connectivity index (χ3v) is 3.08. The molecule has 0 aliphatic carbocycles. The molecule has 19 heavy (non-hydrogen) atoms. The van der Waals surface area contributed by atoms with E-state index in [-0.39, 0.29) is 18.7 Å². The molecule has 108 valence electrons. The number of rotatable bonds is 8. The van der Waals surface area contributed by atoms with Gasteiger partial charge >= 0.3 is 5.97 Å². The van der Waals surface area contributed by atoms with Crippen molar-refractivity contribution in [3.8, 4) is 0 Å². The molecule has 1 heterocycles. The lowest BCUT2D eigenvalue weighted by Crippen LogP contribution is -2.47. The summed E-state index contributed by atoms with van der Waals surface area (Å²) in [6.07, 6.45) is 2.36. The third kappa shape index (κ3) is 5.69. The molecule has 0 aromatic heterocycles. The topological polar surface area (TPSA) is 113 Å². The van der Waals surface area contributed by atoms with Crippen LogP contribution in [0.25, 0.3) is 0 Å². The lowest BCUT2D eigenvalue weighted by Gasteiger charge is -2.23. The van der Waals surface area contributed by atoms with Crippen LogP contribution in [0.15, 0.2) is 0 Å². The SMILES string of the molecule is NC(=O)CC(NCCCC(=O)O)C(=O)N1CCCC1. The number of aliphatic carboxylic acids is 1. The first-order valence-corrected chi connectivity index (χ1v) is 6.53. The molecule has 0 aromatic carbocycles. The van der Waals surface area contributed by atoms with Crippen LogP contribution < -0.4 is 11.1 Å². The lowest BCUT2D eigenvalue weighted by atomic mass is 10.1. The fourth-order valence-corrected chi connectivity index (χ4v) is 2.12. The Kier molecular flexibility index (Phi) is 6.27. The Bertz CT molecular complexity index is 340. The minimum absolute atomic E-state index is 0.0359. The molecule has 0 radical (unpaired) electrons. The molecule has 0 aromatic rings. The molecular formula is C12H21N3O4. The maximum Gasteiger partial charge on any atom is 0.303 e. The number of carbonyl (C=O) groups is 3. The van der Waals surface area contributed by atoms with Crippen LogP contribution in [-0.2, 0) is 14.4 Å². The predicted octanol–water partition coefficient (Wildman–Crippen LogP) is -0.693. The second kappa shape index (κ2) is 7.73. The molecule has 1 rings (SSSR count). The zero-order valence-corrected chi connectivity index (χ0v) is 10.9. The van der Waals surface area contributed by atoms with Gasteiger partial charge < -0.3 is 21.1 Å². The van der Waals surface area contributed by atoms with Crippen molar-refractivity contribution in [1.82, 2.24) is 10.2 Å². The molecule has 1 unspecified atom stereocenters. The number of primary amides is 1. The molecule has 1 atom stereocenters. The zero-order chi connectivity index (χ0) is 14.3. The number of carboxylic acids is 1. The summed E-state index contributed by atoms with van der Waals surface area (Å²) in [5.74, 6) is -1.53. The van der Waals surface area contributed by atoms with Gasteiger partial charge in [-0.15, -0.1) is 0 Å². The van der Waals surface area contributed by atoms with Crippen molar-refractivity contribution in [3.05, 3.63) is 0 Å². The standard InChI is InChI=1S/C12H21N3O4/c13-10(16)8-9(14-5-3-4-11(17)18)12(19)15-6-1-2-7-15/h9,14H,1-8H2,(H2,13,16)(H,17,18). The first kappa shape index (κ1) is 15.4. The first-order chi connectivity index (χ1) is 9.00. The monoisotopic (exact) mass is 271 g/mol. The molecule has 1 saturated heterocycles. The number of hydrogen-bond acceptors (Lipinski definition) is 4. The average molecular weight is 271 g/mol. The zero-order valence-electron chi connectivity index (χ0n) is 10.9. The van der Waals surface area contributed by atoms with Gasteiger partial charge in [0.05, 0.1) is 12.5 Å². The number of nitrogens with zero attached hydrogens (tertiary/aromatic N) is 1. The first-order valence-electron chi connectivity index (χ1n) is 6.53. The summed E-state index contributed by atoms with van der Waals surface area (Å²) in [4.78, 5) is 35.2. The Balaban J connectivity index is 2.43. The number of hydrogen-bond donors (Lipinski definition) is 3. The smallest absolute Gasteiger partial charge is 0.303 e. The Hall–Kier alpha value is -1.63. The molecule has 1 fully saturated rings. The normalized spacial score (nSPS) is 16.3. The molecule has 7 heteroatoms. The second-order valence-corrected chi connectivity index (χ2v) is 4.71. The summed E-state index contributed by atoms with van der Waals surface area (Å²) in [5.41, 5.74) is 5.14. The molecule has 2 amide bonds. The van der Waals surface area contributed by atoms with Gasteiger partial charge in [-0.3, -0.25) is 14.4 Å². The van der Waals surface area contributed by atoms with Gasteiger partial charge in [-0.05, 0) is 25.8 Å². The molecule has 7 nitrogen and oxygen atoms in total. The Labute approximate surface area is 112 Å². The Morgan fingerprint density at radius 1 is 1.26 bits per heavy atom. The minimum atomic E-state index is -0.876. The van der Waals surface area contributed by atoms with Crippen LogP contribution in [0.4, 0.5) is 0 Å². The van der Waals surface area contributed by atoms with Gasteiger partial charge in [0.15, 0.2) is 0 Å². The van der Waals surface area contributed by atoms with E-state index >= 15 is 0 Å². The van der Waals surface area contributed by atoms with Crippen LogP contribution in [0.1, 0.15) is 32.1 Å². The number of nitrogens with two attached hydrogens (primary N) is 1. The maximum absolute atomic E-state index is 12.1. The molecule has 1 aliphatic rings. The van der Waals surface area contributed by atoms with E-state index < -0.39 is 17.9 Å². The van der Waals surface area contributed by atoms with Gasteiger partial charge in [0, 0.05) is 19.5 Å². The molecule has 0 saturated carbocycles. The summed E-state index contributed by atoms with van der Waals surface area (Å²) in [6, 6.07) is -0.635. The van der Waals surface area contributed by atoms with Crippen LogP contribution >= 0.6 is 0 Å². The lowest BCUT2D eigenvalue weighted by molar-refractivity contribution is -0.137. The van der Waals surface area contributed by atoms with Crippen LogP contribution in [0.3, 0.4) is 0 Å². The van der Waals surface area contributed by atoms with E-state index in [0.717, 1.165) is 12.8 Å². The maximum atomic E-state index is 12.1. The van der Waals surface area contributed by atoms with E-state index in [4.69, 9.17) is 10.8 Å². The van der Waals surface area contributed by atoms with E-state index in [9.17, 15) is 14.4 Å². The second-order valence-electron chi connectivity index (χ2n) is 4.71. The van der Waals surface area contributed by atoms with Gasteiger partial charge in [0.2, 0.25) is 11.8 Å². The predicted molar refractivity (Wildman–Crippen MR) is 68.3 cm³/mol. The molecule has 0 spiro atoms. The van der Waals surface area contributed by atoms with Crippen LogP contribution in [0.2, 0.25) is 0 Å². The largest absolute Gasteiger partial charge is 0.481 e. The van der Waals surface area contributed by atoms with E-state index in [1.165, 1.54) is 0 Å². The van der Waals surface area contributed by atoms with Crippen molar-refractivity contribution < 1.29 is 19.5 Å². The van der Waals surface area contributed by atoms with Gasteiger partial charge in [-0.25, -0.2) is 0 Å². The Morgan fingerprint density at radius 2 is 1.89 bits per heavy atom. The van der Waals surface area contributed by atoms with Crippen molar-refractivity contribution in [1.29, 1.82) is 0 Å². The van der Waals surface area contributed by atoms with E-state index in [0.29, 0.717) is 26.1 Å². The van der Waals surface area contributed by atoms with Gasteiger partial charge in [-0.1, -0.05) is 0 Å². The minimum Gasteiger partial charge on any atom is -0.481 e. The van der Waals surface area contributed by atoms with Crippen molar-refractivity contribution in [3.63, 3.8) is 0 Å². The van der Waals surface area contributed by atoms with Gasteiger partial charge in [-0.2, -0.15) is 0 Å². The summed E-state index contributed by atoms with van der Waals surface area (Å²) < 4.78 is 0. The number of likely N-dealkylation sites (tertiary alicyclic amines) is 1. The molecule has 1 aliphatic heterocycles. The van der Waals surface area contributed by atoms with Crippen LogP contribution in [0, 0.1) is 0 Å². The average Bonchev–Trinajstić information content (AvgIpc) is 2.85. The van der Waals surface area contributed by atoms with Crippen molar-refractivity contribution >= 4 is 17.8 Å².